The van der Waals surface area contributed by atoms with Crippen LogP contribution in [0.4, 0.5) is 4.39 Å². The first kappa shape index (κ1) is 27.6. The van der Waals surface area contributed by atoms with Crippen molar-refractivity contribution in [2.24, 2.45) is 0 Å². The van der Waals surface area contributed by atoms with Crippen molar-refractivity contribution >= 4 is 43.5 Å². The Labute approximate surface area is 230 Å². The van der Waals surface area contributed by atoms with E-state index in [1.54, 1.807) is 50.4 Å². The number of carbonyl (C=O) groups excluding carboxylic acids is 1. The van der Waals surface area contributed by atoms with Gasteiger partial charge in [0.05, 0.1) is 4.90 Å². The maximum atomic E-state index is 13.5. The first-order valence-corrected chi connectivity index (χ1v) is 14.4. The molecule has 10 heteroatoms. The number of carbonyl (C=O) groups is 1. The number of amides is 1. The molecule has 1 fully saturated rings. The molecule has 4 rings (SSSR count). The Kier molecular flexibility index (Phi) is 8.58. The quantitative estimate of drug-likeness (QED) is 0.305. The number of hydrogen-bond acceptors (Lipinski definition) is 4. The molecule has 37 heavy (non-hydrogen) atoms. The Bertz CT molecular complexity index is 1400. The number of hydrogen-bond donors (Lipinski definition) is 0. The van der Waals surface area contributed by atoms with E-state index < -0.39 is 16.1 Å². The molecular formula is C27H27BrClFN2O4S. The summed E-state index contributed by atoms with van der Waals surface area (Å²) in [4.78, 5) is 15.1. The maximum absolute atomic E-state index is 13.5. The second-order valence-corrected chi connectivity index (χ2v) is 12.3. The fourth-order valence-electron chi connectivity index (χ4n) is 4.31. The molecule has 0 saturated carbocycles. The highest BCUT2D eigenvalue weighted by Gasteiger charge is 2.38. The van der Waals surface area contributed by atoms with Crippen LogP contribution in [0.2, 0.25) is 5.02 Å². The minimum Gasteiger partial charge on any atom is -0.457 e. The Morgan fingerprint density at radius 1 is 1.11 bits per heavy atom. The Morgan fingerprint density at radius 2 is 1.78 bits per heavy atom. The zero-order valence-corrected chi connectivity index (χ0v) is 23.6. The summed E-state index contributed by atoms with van der Waals surface area (Å²) < 4.78 is 48.1. The number of ether oxygens (including phenoxy) is 1. The summed E-state index contributed by atoms with van der Waals surface area (Å²) in [6.45, 7) is 2.15. The molecule has 0 radical (unpaired) electrons. The Balaban J connectivity index is 1.48. The van der Waals surface area contributed by atoms with E-state index in [1.165, 1.54) is 33.5 Å². The molecule has 0 aromatic heterocycles. The topological polar surface area (TPSA) is 66.9 Å². The fraction of sp³-hybridized carbons (Fsp3) is 0.296. The van der Waals surface area contributed by atoms with Crippen LogP contribution < -0.4 is 4.74 Å². The van der Waals surface area contributed by atoms with Gasteiger partial charge in [-0.15, -0.1) is 0 Å². The van der Waals surface area contributed by atoms with E-state index in [9.17, 15) is 17.6 Å². The Morgan fingerprint density at radius 3 is 2.46 bits per heavy atom. The van der Waals surface area contributed by atoms with Gasteiger partial charge in [0, 0.05) is 29.6 Å². The number of nitrogens with zero attached hydrogens (tertiary/aromatic N) is 2. The average molecular weight is 610 g/mol. The van der Waals surface area contributed by atoms with Crippen LogP contribution >= 0.6 is 27.5 Å². The van der Waals surface area contributed by atoms with Crippen molar-refractivity contribution in [1.29, 1.82) is 0 Å². The van der Waals surface area contributed by atoms with Gasteiger partial charge in [-0.05, 0) is 85.5 Å². The highest BCUT2D eigenvalue weighted by atomic mass is 79.9. The van der Waals surface area contributed by atoms with Crippen molar-refractivity contribution in [3.05, 3.63) is 87.1 Å². The van der Waals surface area contributed by atoms with Gasteiger partial charge in [-0.2, -0.15) is 4.31 Å². The first-order chi connectivity index (χ1) is 17.6. The number of benzene rings is 3. The van der Waals surface area contributed by atoms with Gasteiger partial charge >= 0.3 is 0 Å². The van der Waals surface area contributed by atoms with E-state index >= 15 is 0 Å². The number of aryl methyl sites for hydroxylation is 1. The zero-order chi connectivity index (χ0) is 26.7. The molecule has 1 heterocycles. The number of rotatable bonds is 7. The average Bonchev–Trinajstić information content (AvgIpc) is 2.87. The van der Waals surface area contributed by atoms with Crippen LogP contribution in [0.3, 0.4) is 0 Å². The number of halogens is 3. The van der Waals surface area contributed by atoms with Crippen molar-refractivity contribution in [3.63, 3.8) is 0 Å². The summed E-state index contributed by atoms with van der Waals surface area (Å²) in [6, 6.07) is 15.2. The molecule has 0 aliphatic carbocycles. The lowest BCUT2D eigenvalue weighted by Gasteiger charge is -2.36. The minimum atomic E-state index is -3.83. The number of sulfonamides is 1. The van der Waals surface area contributed by atoms with Crippen LogP contribution in [0.25, 0.3) is 0 Å². The van der Waals surface area contributed by atoms with Gasteiger partial charge in [-0.25, -0.2) is 12.8 Å². The molecule has 196 valence electrons. The molecular weight excluding hydrogens is 583 g/mol. The smallest absolute Gasteiger partial charge is 0.243 e. The fourth-order valence-corrected chi connectivity index (χ4v) is 6.45. The van der Waals surface area contributed by atoms with Crippen LogP contribution in [-0.2, 0) is 21.4 Å². The summed E-state index contributed by atoms with van der Waals surface area (Å²) in [5.41, 5.74) is 1.16. The molecule has 0 N–H and O–H groups in total. The van der Waals surface area contributed by atoms with E-state index in [4.69, 9.17) is 16.3 Å². The van der Waals surface area contributed by atoms with Gasteiger partial charge < -0.3 is 9.64 Å². The second kappa shape index (κ2) is 11.5. The molecule has 3 aromatic carbocycles. The Hall–Kier alpha value is -2.46. The van der Waals surface area contributed by atoms with E-state index in [0.717, 1.165) is 10.9 Å². The maximum Gasteiger partial charge on any atom is 0.243 e. The summed E-state index contributed by atoms with van der Waals surface area (Å²) in [6.07, 6.45) is 1.92. The highest BCUT2D eigenvalue weighted by Crippen LogP contribution is 2.30. The summed E-state index contributed by atoms with van der Waals surface area (Å²) in [5, 5.41) is 0.402. The molecule has 1 aliphatic rings. The first-order valence-electron chi connectivity index (χ1n) is 11.8. The van der Waals surface area contributed by atoms with Crippen LogP contribution in [-0.4, -0.2) is 43.2 Å². The van der Waals surface area contributed by atoms with Crippen LogP contribution in [0.1, 0.15) is 30.4 Å². The third-order valence-electron chi connectivity index (χ3n) is 6.33. The predicted molar refractivity (Wildman–Crippen MR) is 145 cm³/mol. The van der Waals surface area contributed by atoms with Crippen LogP contribution in [0, 0.1) is 12.7 Å². The number of piperidine rings is 1. The second-order valence-electron chi connectivity index (χ2n) is 9.04. The van der Waals surface area contributed by atoms with Gasteiger partial charge in [0.1, 0.15) is 23.4 Å². The third kappa shape index (κ3) is 6.34. The van der Waals surface area contributed by atoms with Crippen molar-refractivity contribution in [3.8, 4) is 11.5 Å². The lowest BCUT2D eigenvalue weighted by molar-refractivity contribution is -0.135. The van der Waals surface area contributed by atoms with E-state index in [1.807, 2.05) is 0 Å². The standard InChI is InChI=1S/C27H27BrClFN2O4S/c1-18-15-21(10-13-25(18)30)36-22-9-6-19(24(29)16-22)17-31(2)27(33)26-5-3-4-14-32(26)37(34,35)23-11-7-20(28)8-12-23/h6-13,15-16,26H,3-5,14,17H2,1-2H3. The van der Waals surface area contributed by atoms with Gasteiger partial charge in [-0.3, -0.25) is 4.79 Å². The molecule has 0 spiro atoms. The molecule has 1 amide bonds. The molecule has 6 nitrogen and oxygen atoms in total. The summed E-state index contributed by atoms with van der Waals surface area (Å²) in [7, 11) is -2.19. The SMILES string of the molecule is Cc1cc(Oc2ccc(CN(C)C(=O)C3CCCCN3S(=O)(=O)c3ccc(Br)cc3)c(Cl)c2)ccc1F. The summed E-state index contributed by atoms with van der Waals surface area (Å²) in [5.74, 6) is 0.375. The molecule has 1 unspecified atom stereocenters. The normalized spacial score (nSPS) is 16.4. The van der Waals surface area contributed by atoms with E-state index in [-0.39, 0.29) is 29.7 Å². The van der Waals surface area contributed by atoms with Gasteiger partial charge in [0.2, 0.25) is 15.9 Å². The molecule has 0 bridgehead atoms. The van der Waals surface area contributed by atoms with E-state index in [2.05, 4.69) is 15.9 Å². The van der Waals surface area contributed by atoms with Crippen molar-refractivity contribution in [1.82, 2.24) is 9.21 Å². The lowest BCUT2D eigenvalue weighted by Crippen LogP contribution is -2.52. The minimum absolute atomic E-state index is 0.160. The predicted octanol–water partition coefficient (Wildman–Crippen LogP) is 6.54. The molecule has 1 aliphatic heterocycles. The third-order valence-corrected chi connectivity index (χ3v) is 9.14. The molecule has 3 aromatic rings. The van der Waals surface area contributed by atoms with Crippen molar-refractivity contribution in [2.75, 3.05) is 13.6 Å². The van der Waals surface area contributed by atoms with Gasteiger partial charge in [0.15, 0.2) is 0 Å². The van der Waals surface area contributed by atoms with Crippen LogP contribution in [0.5, 0.6) is 11.5 Å². The monoisotopic (exact) mass is 608 g/mol. The van der Waals surface area contributed by atoms with Crippen molar-refractivity contribution in [2.45, 2.75) is 43.7 Å². The zero-order valence-electron chi connectivity index (χ0n) is 20.5. The largest absolute Gasteiger partial charge is 0.457 e. The van der Waals surface area contributed by atoms with Gasteiger partial charge in [0.25, 0.3) is 0 Å². The van der Waals surface area contributed by atoms with Crippen molar-refractivity contribution < 1.29 is 22.3 Å². The lowest BCUT2D eigenvalue weighted by atomic mass is 10.0. The number of likely N-dealkylation sites (N-methyl/N-ethyl adjacent to an activating group) is 1. The van der Waals surface area contributed by atoms with E-state index in [0.29, 0.717) is 40.5 Å². The molecule has 1 atom stereocenters. The molecule has 1 saturated heterocycles. The van der Waals surface area contributed by atoms with Gasteiger partial charge in [-0.1, -0.05) is 40.0 Å². The van der Waals surface area contributed by atoms with Crippen LogP contribution in [0.15, 0.2) is 70.0 Å². The highest BCUT2D eigenvalue weighted by molar-refractivity contribution is 9.10. The summed E-state index contributed by atoms with van der Waals surface area (Å²) >= 11 is 9.82.